The molecule has 2 amide bonds. The van der Waals surface area contributed by atoms with E-state index in [1.165, 1.54) is 18.3 Å². The van der Waals surface area contributed by atoms with E-state index in [-0.39, 0.29) is 24.2 Å². The number of carboxylic acids is 1. The highest BCUT2D eigenvalue weighted by molar-refractivity contribution is 5.87. The first-order chi connectivity index (χ1) is 9.56. The van der Waals surface area contributed by atoms with E-state index >= 15 is 0 Å². The molecule has 0 aliphatic carbocycles. The summed E-state index contributed by atoms with van der Waals surface area (Å²) in [4.78, 5) is 26.5. The van der Waals surface area contributed by atoms with Crippen LogP contribution in [0.2, 0.25) is 0 Å². The van der Waals surface area contributed by atoms with Crippen molar-refractivity contribution in [3.05, 3.63) is 29.6 Å². The molecule has 0 spiro atoms. The van der Waals surface area contributed by atoms with Crippen LogP contribution in [-0.4, -0.2) is 41.8 Å². The number of hydrogen-bond donors (Lipinski definition) is 3. The van der Waals surface area contributed by atoms with E-state index in [0.29, 0.717) is 12.3 Å². The van der Waals surface area contributed by atoms with Gasteiger partial charge >= 0.3 is 12.0 Å². The van der Waals surface area contributed by atoms with E-state index in [0.717, 1.165) is 6.42 Å². The number of carboxylic acid groups (broad SMARTS) is 1. The van der Waals surface area contributed by atoms with Crippen molar-refractivity contribution in [2.75, 3.05) is 13.7 Å². The molecule has 7 heteroatoms. The minimum absolute atomic E-state index is 0.0571. The predicted octanol–water partition coefficient (Wildman–Crippen LogP) is 1.00. The highest BCUT2D eigenvalue weighted by atomic mass is 16.5. The molecule has 0 fully saturated rings. The first-order valence-corrected chi connectivity index (χ1v) is 6.28. The normalized spacial score (nSPS) is 11.7. The zero-order valence-electron chi connectivity index (χ0n) is 11.5. The molecule has 0 aromatic carbocycles. The standard InChI is InChI=1S/C13H19N3O4/c1-3-10(8-20-2)16-13(19)15-7-11-6-9(12(17)18)4-5-14-11/h4-6,10H,3,7-8H2,1-2H3,(H,17,18)(H2,15,16,19). The lowest BCUT2D eigenvalue weighted by molar-refractivity contribution is 0.0696. The number of nitrogens with zero attached hydrogens (tertiary/aromatic N) is 1. The van der Waals surface area contributed by atoms with E-state index in [9.17, 15) is 9.59 Å². The summed E-state index contributed by atoms with van der Waals surface area (Å²) in [7, 11) is 1.57. The number of methoxy groups -OCH3 is 1. The largest absolute Gasteiger partial charge is 0.478 e. The molecule has 0 saturated heterocycles. The number of aromatic nitrogens is 1. The minimum atomic E-state index is -1.02. The van der Waals surface area contributed by atoms with Crippen LogP contribution in [-0.2, 0) is 11.3 Å². The number of carbonyl (C=O) groups is 2. The Kier molecular flexibility index (Phi) is 6.45. The second-order valence-corrected chi connectivity index (χ2v) is 4.23. The summed E-state index contributed by atoms with van der Waals surface area (Å²) in [5, 5.41) is 14.2. The molecule has 1 heterocycles. The lowest BCUT2D eigenvalue weighted by Gasteiger charge is -2.16. The number of urea groups is 1. The molecule has 7 nitrogen and oxygen atoms in total. The number of hydrogen-bond acceptors (Lipinski definition) is 4. The summed E-state index contributed by atoms with van der Waals surface area (Å²) in [5.74, 6) is -1.02. The van der Waals surface area contributed by atoms with Gasteiger partial charge in [0.1, 0.15) is 0 Å². The molecule has 110 valence electrons. The molecular formula is C13H19N3O4. The van der Waals surface area contributed by atoms with E-state index in [1.54, 1.807) is 7.11 Å². The van der Waals surface area contributed by atoms with Crippen molar-refractivity contribution in [3.63, 3.8) is 0 Å². The molecular weight excluding hydrogens is 262 g/mol. The van der Waals surface area contributed by atoms with Crippen LogP contribution in [0.15, 0.2) is 18.3 Å². The van der Waals surface area contributed by atoms with E-state index in [4.69, 9.17) is 9.84 Å². The topological polar surface area (TPSA) is 101 Å². The number of pyridine rings is 1. The van der Waals surface area contributed by atoms with Crippen molar-refractivity contribution in [2.45, 2.75) is 25.9 Å². The summed E-state index contributed by atoms with van der Waals surface area (Å²) in [6.07, 6.45) is 2.16. The third-order valence-corrected chi connectivity index (χ3v) is 2.69. The Hall–Kier alpha value is -2.15. The molecule has 1 aromatic rings. The molecule has 1 atom stereocenters. The van der Waals surface area contributed by atoms with Crippen LogP contribution in [0.5, 0.6) is 0 Å². The molecule has 1 unspecified atom stereocenters. The second kappa shape index (κ2) is 8.11. The highest BCUT2D eigenvalue weighted by Gasteiger charge is 2.10. The monoisotopic (exact) mass is 281 g/mol. The van der Waals surface area contributed by atoms with Crippen molar-refractivity contribution >= 4 is 12.0 Å². The van der Waals surface area contributed by atoms with Crippen molar-refractivity contribution in [1.82, 2.24) is 15.6 Å². The SMILES string of the molecule is CCC(COC)NC(=O)NCc1cc(C(=O)O)ccn1. The predicted molar refractivity (Wildman–Crippen MR) is 72.5 cm³/mol. The maximum absolute atomic E-state index is 11.7. The number of carbonyl (C=O) groups excluding carboxylic acids is 1. The summed E-state index contributed by atoms with van der Waals surface area (Å²) >= 11 is 0. The molecule has 1 rings (SSSR count). The second-order valence-electron chi connectivity index (χ2n) is 4.23. The number of ether oxygens (including phenoxy) is 1. The fraction of sp³-hybridized carbons (Fsp3) is 0.462. The van der Waals surface area contributed by atoms with Gasteiger partial charge in [0, 0.05) is 13.3 Å². The number of amides is 2. The maximum Gasteiger partial charge on any atom is 0.335 e. The summed E-state index contributed by atoms with van der Waals surface area (Å²) in [6, 6.07) is 2.43. The number of rotatable bonds is 7. The summed E-state index contributed by atoms with van der Waals surface area (Å²) in [6.45, 7) is 2.55. The average molecular weight is 281 g/mol. The first-order valence-electron chi connectivity index (χ1n) is 6.28. The maximum atomic E-state index is 11.7. The quantitative estimate of drug-likeness (QED) is 0.692. The summed E-state index contributed by atoms with van der Waals surface area (Å²) < 4.78 is 4.98. The van der Waals surface area contributed by atoms with E-state index < -0.39 is 5.97 Å². The van der Waals surface area contributed by atoms with Crippen LogP contribution >= 0.6 is 0 Å². The summed E-state index contributed by atoms with van der Waals surface area (Å²) in [5.41, 5.74) is 0.628. The van der Waals surface area contributed by atoms with Crippen LogP contribution in [0.25, 0.3) is 0 Å². The van der Waals surface area contributed by atoms with E-state index in [1.807, 2.05) is 6.92 Å². The Morgan fingerprint density at radius 1 is 1.50 bits per heavy atom. The fourth-order valence-electron chi connectivity index (χ4n) is 1.58. The number of aromatic carboxylic acids is 1. The van der Waals surface area contributed by atoms with Gasteiger partial charge in [-0.3, -0.25) is 4.98 Å². The van der Waals surface area contributed by atoms with Gasteiger partial charge in [0.2, 0.25) is 0 Å². The number of nitrogens with one attached hydrogen (secondary N) is 2. The highest BCUT2D eigenvalue weighted by Crippen LogP contribution is 2.01. The zero-order valence-corrected chi connectivity index (χ0v) is 11.5. The van der Waals surface area contributed by atoms with Crippen molar-refractivity contribution in [2.24, 2.45) is 0 Å². The molecule has 0 bridgehead atoms. The van der Waals surface area contributed by atoms with Crippen LogP contribution in [0.1, 0.15) is 29.4 Å². The van der Waals surface area contributed by atoms with Gasteiger partial charge in [0.25, 0.3) is 0 Å². The van der Waals surface area contributed by atoms with Crippen LogP contribution in [0, 0.1) is 0 Å². The molecule has 0 aliphatic rings. The van der Waals surface area contributed by atoms with Crippen LogP contribution in [0.3, 0.4) is 0 Å². The lowest BCUT2D eigenvalue weighted by Crippen LogP contribution is -2.43. The Bertz CT molecular complexity index is 465. The molecule has 0 aliphatic heterocycles. The van der Waals surface area contributed by atoms with Crippen molar-refractivity contribution < 1.29 is 19.4 Å². The molecule has 1 aromatic heterocycles. The Balaban J connectivity index is 2.48. The molecule has 0 saturated carbocycles. The van der Waals surface area contributed by atoms with Crippen molar-refractivity contribution in [1.29, 1.82) is 0 Å². The molecule has 0 radical (unpaired) electrons. The molecule has 20 heavy (non-hydrogen) atoms. The Morgan fingerprint density at radius 2 is 2.25 bits per heavy atom. The van der Waals surface area contributed by atoms with E-state index in [2.05, 4.69) is 15.6 Å². The zero-order chi connectivity index (χ0) is 15.0. The Morgan fingerprint density at radius 3 is 2.85 bits per heavy atom. The van der Waals surface area contributed by atoms with Gasteiger partial charge in [-0.15, -0.1) is 0 Å². The molecule has 3 N–H and O–H groups in total. The van der Waals surface area contributed by atoms with Gasteiger partial charge in [-0.1, -0.05) is 6.92 Å². The van der Waals surface area contributed by atoms with Gasteiger partial charge < -0.3 is 20.5 Å². The fourth-order valence-corrected chi connectivity index (χ4v) is 1.58. The van der Waals surface area contributed by atoms with Crippen LogP contribution in [0.4, 0.5) is 4.79 Å². The third kappa shape index (κ3) is 5.23. The van der Waals surface area contributed by atoms with Gasteiger partial charge in [-0.2, -0.15) is 0 Å². The Labute approximate surface area is 117 Å². The van der Waals surface area contributed by atoms with Crippen molar-refractivity contribution in [3.8, 4) is 0 Å². The average Bonchev–Trinajstić information content (AvgIpc) is 2.45. The minimum Gasteiger partial charge on any atom is -0.478 e. The first kappa shape index (κ1) is 15.9. The van der Waals surface area contributed by atoms with Gasteiger partial charge in [-0.05, 0) is 18.6 Å². The smallest absolute Gasteiger partial charge is 0.335 e. The van der Waals surface area contributed by atoms with Crippen LogP contribution < -0.4 is 10.6 Å². The lowest BCUT2D eigenvalue weighted by atomic mass is 10.2. The van der Waals surface area contributed by atoms with Gasteiger partial charge in [0.05, 0.1) is 30.5 Å². The van der Waals surface area contributed by atoms with Gasteiger partial charge in [0.15, 0.2) is 0 Å². The third-order valence-electron chi connectivity index (χ3n) is 2.69. The van der Waals surface area contributed by atoms with Gasteiger partial charge in [-0.25, -0.2) is 9.59 Å².